The van der Waals surface area contributed by atoms with Gasteiger partial charge in [-0.25, -0.2) is 0 Å². The zero-order valence-electron chi connectivity index (χ0n) is 14.1. The Morgan fingerprint density at radius 2 is 2.12 bits per heavy atom. The Bertz CT molecular complexity index is 638. The molecule has 130 valence electrons. The van der Waals surface area contributed by atoms with Gasteiger partial charge in [0.05, 0.1) is 5.69 Å². The Balaban J connectivity index is 1.66. The standard InChI is InChI=1S/C18H25N3O3/c1-12-17(23)21-14-9-13(5-6-15(14)24-12)20-16(22)10-18(11-19)7-3-2-4-8-18/h5-6,9,12H,2-4,7-8,10-11,19H2,1H3,(H,20,22)(H,21,23). The maximum absolute atomic E-state index is 12.4. The van der Waals surface area contributed by atoms with Crippen molar-refractivity contribution >= 4 is 23.2 Å². The van der Waals surface area contributed by atoms with Crippen molar-refractivity contribution in [1.82, 2.24) is 0 Å². The van der Waals surface area contributed by atoms with Gasteiger partial charge in [0.2, 0.25) is 5.91 Å². The van der Waals surface area contributed by atoms with Crippen molar-refractivity contribution in [2.75, 3.05) is 17.2 Å². The lowest BCUT2D eigenvalue weighted by atomic mass is 9.71. The summed E-state index contributed by atoms with van der Waals surface area (Å²) < 4.78 is 5.52. The summed E-state index contributed by atoms with van der Waals surface area (Å²) in [5.41, 5.74) is 7.13. The first-order chi connectivity index (χ1) is 11.5. The SMILES string of the molecule is CC1Oc2ccc(NC(=O)CC3(CN)CCCCC3)cc2NC1=O. The molecule has 0 spiro atoms. The molecule has 1 aromatic carbocycles. The minimum Gasteiger partial charge on any atom is -0.479 e. The molecule has 24 heavy (non-hydrogen) atoms. The molecule has 1 aliphatic carbocycles. The van der Waals surface area contributed by atoms with Crippen molar-refractivity contribution in [1.29, 1.82) is 0 Å². The van der Waals surface area contributed by atoms with E-state index >= 15 is 0 Å². The molecule has 0 radical (unpaired) electrons. The maximum atomic E-state index is 12.4. The molecule has 1 aliphatic heterocycles. The van der Waals surface area contributed by atoms with E-state index in [1.54, 1.807) is 25.1 Å². The van der Waals surface area contributed by atoms with Crippen LogP contribution in [0.4, 0.5) is 11.4 Å². The number of hydrogen-bond acceptors (Lipinski definition) is 4. The van der Waals surface area contributed by atoms with Gasteiger partial charge in [0, 0.05) is 12.1 Å². The van der Waals surface area contributed by atoms with Crippen LogP contribution in [0.1, 0.15) is 45.4 Å². The van der Waals surface area contributed by atoms with Gasteiger partial charge in [0.15, 0.2) is 6.10 Å². The molecule has 1 fully saturated rings. The molecule has 6 heteroatoms. The summed E-state index contributed by atoms with van der Waals surface area (Å²) in [5, 5.41) is 5.71. The topological polar surface area (TPSA) is 93.4 Å². The molecule has 1 atom stereocenters. The molecule has 1 saturated carbocycles. The van der Waals surface area contributed by atoms with Crippen LogP contribution in [0.3, 0.4) is 0 Å². The van der Waals surface area contributed by atoms with Crippen LogP contribution in [0.15, 0.2) is 18.2 Å². The number of nitrogens with one attached hydrogen (secondary N) is 2. The Labute approximate surface area is 142 Å². The predicted octanol–water partition coefficient (Wildman–Crippen LogP) is 2.64. The summed E-state index contributed by atoms with van der Waals surface area (Å²) >= 11 is 0. The van der Waals surface area contributed by atoms with Crippen molar-refractivity contribution in [2.45, 2.75) is 51.6 Å². The van der Waals surface area contributed by atoms with Gasteiger partial charge in [0.25, 0.3) is 5.91 Å². The molecular weight excluding hydrogens is 306 g/mol. The first-order valence-corrected chi connectivity index (χ1v) is 8.63. The smallest absolute Gasteiger partial charge is 0.265 e. The summed E-state index contributed by atoms with van der Waals surface area (Å²) in [7, 11) is 0. The second-order valence-corrected chi connectivity index (χ2v) is 6.95. The second kappa shape index (κ2) is 6.81. The minimum atomic E-state index is -0.506. The van der Waals surface area contributed by atoms with Gasteiger partial charge < -0.3 is 21.1 Å². The van der Waals surface area contributed by atoms with Crippen molar-refractivity contribution in [3.63, 3.8) is 0 Å². The molecule has 6 nitrogen and oxygen atoms in total. The molecule has 3 rings (SSSR count). The molecule has 2 amide bonds. The highest BCUT2D eigenvalue weighted by Crippen LogP contribution is 2.39. The fourth-order valence-electron chi connectivity index (χ4n) is 3.59. The third kappa shape index (κ3) is 3.53. The van der Waals surface area contributed by atoms with Gasteiger partial charge in [-0.05, 0) is 49.9 Å². The van der Waals surface area contributed by atoms with E-state index in [9.17, 15) is 9.59 Å². The molecule has 2 aliphatic rings. The Hall–Kier alpha value is -2.08. The van der Waals surface area contributed by atoms with Crippen LogP contribution in [0.2, 0.25) is 0 Å². The molecule has 1 unspecified atom stereocenters. The lowest BCUT2D eigenvalue weighted by molar-refractivity contribution is -0.122. The Morgan fingerprint density at radius 3 is 2.83 bits per heavy atom. The van der Waals surface area contributed by atoms with Gasteiger partial charge >= 0.3 is 0 Å². The number of rotatable bonds is 4. The third-order valence-electron chi connectivity index (χ3n) is 5.08. The van der Waals surface area contributed by atoms with Crippen LogP contribution in [-0.4, -0.2) is 24.5 Å². The number of amides is 2. The Morgan fingerprint density at radius 1 is 1.38 bits per heavy atom. The molecule has 0 saturated heterocycles. The van der Waals surface area contributed by atoms with Gasteiger partial charge in [-0.15, -0.1) is 0 Å². The molecule has 4 N–H and O–H groups in total. The van der Waals surface area contributed by atoms with E-state index in [1.165, 1.54) is 6.42 Å². The summed E-state index contributed by atoms with van der Waals surface area (Å²) in [6.45, 7) is 2.25. The largest absolute Gasteiger partial charge is 0.479 e. The number of fused-ring (bicyclic) bond motifs is 1. The number of anilines is 2. The van der Waals surface area contributed by atoms with Crippen LogP contribution in [0.5, 0.6) is 5.75 Å². The van der Waals surface area contributed by atoms with Crippen LogP contribution < -0.4 is 21.1 Å². The van der Waals surface area contributed by atoms with Gasteiger partial charge in [-0.2, -0.15) is 0 Å². The molecule has 1 aromatic rings. The highest BCUT2D eigenvalue weighted by molar-refractivity contribution is 5.99. The van der Waals surface area contributed by atoms with Crippen molar-refractivity contribution < 1.29 is 14.3 Å². The molecule has 0 aromatic heterocycles. The van der Waals surface area contributed by atoms with E-state index in [1.807, 2.05) is 0 Å². The van der Waals surface area contributed by atoms with E-state index < -0.39 is 6.10 Å². The summed E-state index contributed by atoms with van der Waals surface area (Å²) in [6, 6.07) is 5.28. The van der Waals surface area contributed by atoms with Crippen molar-refractivity contribution in [3.05, 3.63) is 18.2 Å². The summed E-state index contributed by atoms with van der Waals surface area (Å²) in [4.78, 5) is 24.1. The number of ether oxygens (including phenoxy) is 1. The van der Waals surface area contributed by atoms with E-state index in [2.05, 4.69) is 10.6 Å². The van der Waals surface area contributed by atoms with Crippen molar-refractivity contribution in [2.24, 2.45) is 11.1 Å². The van der Waals surface area contributed by atoms with Crippen LogP contribution in [0, 0.1) is 5.41 Å². The summed E-state index contributed by atoms with van der Waals surface area (Å²) in [6.07, 6.45) is 5.49. The summed E-state index contributed by atoms with van der Waals surface area (Å²) in [5.74, 6) is 0.403. The van der Waals surface area contributed by atoms with E-state index in [0.29, 0.717) is 30.1 Å². The zero-order valence-corrected chi connectivity index (χ0v) is 14.1. The second-order valence-electron chi connectivity index (χ2n) is 6.95. The van der Waals surface area contributed by atoms with Crippen LogP contribution >= 0.6 is 0 Å². The van der Waals surface area contributed by atoms with Crippen LogP contribution in [-0.2, 0) is 9.59 Å². The Kier molecular flexibility index (Phi) is 4.76. The average molecular weight is 331 g/mol. The number of hydrogen-bond donors (Lipinski definition) is 3. The van der Waals surface area contributed by atoms with Gasteiger partial charge in [-0.3, -0.25) is 9.59 Å². The number of nitrogens with two attached hydrogens (primary N) is 1. The van der Waals surface area contributed by atoms with E-state index in [0.717, 1.165) is 25.7 Å². The minimum absolute atomic E-state index is 0.0290. The molecule has 0 bridgehead atoms. The first-order valence-electron chi connectivity index (χ1n) is 8.63. The van der Waals surface area contributed by atoms with Crippen LogP contribution in [0.25, 0.3) is 0 Å². The normalized spacial score (nSPS) is 22.1. The van der Waals surface area contributed by atoms with Crippen molar-refractivity contribution in [3.8, 4) is 5.75 Å². The number of carbonyl (C=O) groups excluding carboxylic acids is 2. The highest BCUT2D eigenvalue weighted by Gasteiger charge is 2.33. The highest BCUT2D eigenvalue weighted by atomic mass is 16.5. The fraction of sp³-hybridized carbons (Fsp3) is 0.556. The maximum Gasteiger partial charge on any atom is 0.265 e. The number of benzene rings is 1. The molecule has 1 heterocycles. The zero-order chi connectivity index (χ0) is 17.2. The lowest BCUT2D eigenvalue weighted by Gasteiger charge is -2.35. The molecular formula is C18H25N3O3. The quantitative estimate of drug-likeness (QED) is 0.790. The average Bonchev–Trinajstić information content (AvgIpc) is 2.57. The van der Waals surface area contributed by atoms with E-state index in [-0.39, 0.29) is 17.2 Å². The monoisotopic (exact) mass is 331 g/mol. The third-order valence-corrected chi connectivity index (χ3v) is 5.08. The first kappa shape index (κ1) is 16.8. The number of carbonyl (C=O) groups is 2. The predicted molar refractivity (Wildman–Crippen MR) is 93.0 cm³/mol. The van der Waals surface area contributed by atoms with Gasteiger partial charge in [-0.1, -0.05) is 19.3 Å². The van der Waals surface area contributed by atoms with Gasteiger partial charge in [0.1, 0.15) is 5.75 Å². The van der Waals surface area contributed by atoms with E-state index in [4.69, 9.17) is 10.5 Å². The lowest BCUT2D eigenvalue weighted by Crippen LogP contribution is -2.36. The fourth-order valence-corrected chi connectivity index (χ4v) is 3.59.